The Morgan fingerprint density at radius 1 is 1.00 bits per heavy atom. The number of halogens is 2. The number of nitrogens with one attached hydrogen (secondary N) is 1. The molecule has 6 nitrogen and oxygen atoms in total. The molecule has 0 aliphatic carbocycles. The van der Waals surface area contributed by atoms with Crippen LogP contribution in [0.1, 0.15) is 30.0 Å². The molecule has 0 bridgehead atoms. The number of aromatic nitrogens is 2. The summed E-state index contributed by atoms with van der Waals surface area (Å²) in [7, 11) is 4.85. The van der Waals surface area contributed by atoms with Crippen molar-refractivity contribution >= 4 is 0 Å². The van der Waals surface area contributed by atoms with Crippen LogP contribution < -0.4 is 14.2 Å². The zero-order valence-corrected chi connectivity index (χ0v) is 18.5. The van der Waals surface area contributed by atoms with Gasteiger partial charge in [0.1, 0.15) is 5.75 Å². The van der Waals surface area contributed by atoms with Crippen LogP contribution in [0.15, 0.2) is 36.5 Å². The van der Waals surface area contributed by atoms with Crippen LogP contribution in [-0.4, -0.2) is 49.5 Å². The van der Waals surface area contributed by atoms with Crippen molar-refractivity contribution in [3.8, 4) is 28.4 Å². The second-order valence-corrected chi connectivity index (χ2v) is 7.92. The smallest absolute Gasteiger partial charge is 0.164 e. The number of methoxy groups -OCH3 is 3. The van der Waals surface area contributed by atoms with Crippen LogP contribution in [0.4, 0.5) is 8.78 Å². The van der Waals surface area contributed by atoms with Crippen molar-refractivity contribution in [3.05, 3.63) is 59.4 Å². The summed E-state index contributed by atoms with van der Waals surface area (Å²) in [5.41, 5.74) is 3.38. The van der Waals surface area contributed by atoms with Gasteiger partial charge in [0, 0.05) is 41.9 Å². The standard InChI is InChI=1S/C24H27F2N3O3/c1-30-21-11-23(32-3)22(31-2)10-17(21)14-29-8-4-5-16(13-29)24-18(12-27-28-24)15-6-7-19(25)20(26)9-15/h6-7,9-12,16H,4-5,8,13-14H2,1-3H3,(H,27,28)/t16-/m0/s1. The van der Waals surface area contributed by atoms with E-state index in [2.05, 4.69) is 15.1 Å². The van der Waals surface area contributed by atoms with E-state index in [-0.39, 0.29) is 5.92 Å². The first-order valence-corrected chi connectivity index (χ1v) is 10.5. The lowest BCUT2D eigenvalue weighted by Crippen LogP contribution is -2.34. The molecule has 0 spiro atoms. The van der Waals surface area contributed by atoms with Gasteiger partial charge in [-0.1, -0.05) is 6.07 Å². The Balaban J connectivity index is 1.56. The van der Waals surface area contributed by atoms with Crippen LogP contribution in [0.5, 0.6) is 17.2 Å². The Morgan fingerprint density at radius 3 is 2.47 bits per heavy atom. The highest BCUT2D eigenvalue weighted by Crippen LogP contribution is 2.37. The van der Waals surface area contributed by atoms with Gasteiger partial charge in [-0.15, -0.1) is 0 Å². The second-order valence-electron chi connectivity index (χ2n) is 7.92. The van der Waals surface area contributed by atoms with Gasteiger partial charge < -0.3 is 14.2 Å². The molecule has 8 heteroatoms. The molecule has 2 aromatic carbocycles. The fourth-order valence-electron chi connectivity index (χ4n) is 4.39. The van der Waals surface area contributed by atoms with Crippen molar-refractivity contribution in [2.45, 2.75) is 25.3 Å². The molecule has 0 unspecified atom stereocenters. The zero-order valence-electron chi connectivity index (χ0n) is 18.5. The van der Waals surface area contributed by atoms with Gasteiger partial charge in [-0.05, 0) is 43.1 Å². The van der Waals surface area contributed by atoms with Crippen LogP contribution in [-0.2, 0) is 6.54 Å². The van der Waals surface area contributed by atoms with Gasteiger partial charge >= 0.3 is 0 Å². The summed E-state index contributed by atoms with van der Waals surface area (Å²) in [6, 6.07) is 7.74. The fourth-order valence-corrected chi connectivity index (χ4v) is 4.39. The minimum Gasteiger partial charge on any atom is -0.496 e. The quantitative estimate of drug-likeness (QED) is 0.571. The third-order valence-corrected chi connectivity index (χ3v) is 5.99. The first kappa shape index (κ1) is 22.1. The van der Waals surface area contributed by atoms with E-state index < -0.39 is 11.6 Å². The summed E-state index contributed by atoms with van der Waals surface area (Å²) in [4.78, 5) is 2.35. The van der Waals surface area contributed by atoms with E-state index in [0.29, 0.717) is 23.6 Å². The summed E-state index contributed by atoms with van der Waals surface area (Å²) < 4.78 is 43.6. The molecule has 1 aliphatic rings. The number of nitrogens with zero attached hydrogens (tertiary/aromatic N) is 2. The maximum Gasteiger partial charge on any atom is 0.164 e. The van der Waals surface area contributed by atoms with Gasteiger partial charge in [0.25, 0.3) is 0 Å². The molecule has 1 aliphatic heterocycles. The highest BCUT2D eigenvalue weighted by atomic mass is 19.2. The molecule has 32 heavy (non-hydrogen) atoms. The van der Waals surface area contributed by atoms with Crippen molar-refractivity contribution in [3.63, 3.8) is 0 Å². The summed E-state index contributed by atoms with van der Waals surface area (Å²) in [5, 5.41) is 7.29. The predicted octanol–water partition coefficient (Wildman–Crippen LogP) is 4.76. The average molecular weight is 443 g/mol. The highest BCUT2D eigenvalue weighted by molar-refractivity contribution is 5.66. The lowest BCUT2D eigenvalue weighted by atomic mass is 9.90. The van der Waals surface area contributed by atoms with E-state index in [1.807, 2.05) is 12.1 Å². The monoisotopic (exact) mass is 443 g/mol. The SMILES string of the molecule is COc1cc(OC)c(OC)cc1CN1CCC[C@H](c2[nH]ncc2-c2ccc(F)c(F)c2)C1. The number of benzene rings is 2. The van der Waals surface area contributed by atoms with E-state index >= 15 is 0 Å². The Hall–Kier alpha value is -3.13. The summed E-state index contributed by atoms with van der Waals surface area (Å²) in [5.74, 6) is 0.505. The lowest BCUT2D eigenvalue weighted by molar-refractivity contribution is 0.196. The topological polar surface area (TPSA) is 59.6 Å². The maximum atomic E-state index is 13.8. The molecule has 170 valence electrons. The Kier molecular flexibility index (Phi) is 6.60. The molecule has 4 rings (SSSR count). The molecule has 1 saturated heterocycles. The minimum absolute atomic E-state index is 0.195. The van der Waals surface area contributed by atoms with Crippen LogP contribution in [0.2, 0.25) is 0 Å². The third kappa shape index (κ3) is 4.41. The fraction of sp³-hybridized carbons (Fsp3) is 0.375. The molecular formula is C24H27F2N3O3. The van der Waals surface area contributed by atoms with Gasteiger partial charge in [0.2, 0.25) is 0 Å². The number of H-pyrrole nitrogens is 1. The van der Waals surface area contributed by atoms with E-state index in [1.54, 1.807) is 33.6 Å². The zero-order chi connectivity index (χ0) is 22.7. The molecule has 1 fully saturated rings. The van der Waals surface area contributed by atoms with Gasteiger partial charge in [0.15, 0.2) is 23.1 Å². The van der Waals surface area contributed by atoms with E-state index in [9.17, 15) is 8.78 Å². The number of rotatable bonds is 7. The second kappa shape index (κ2) is 9.56. The van der Waals surface area contributed by atoms with E-state index in [4.69, 9.17) is 14.2 Å². The van der Waals surface area contributed by atoms with Gasteiger partial charge in [0.05, 0.1) is 27.5 Å². The number of aromatic amines is 1. The Bertz CT molecular complexity index is 1090. The first-order valence-electron chi connectivity index (χ1n) is 10.5. The van der Waals surface area contributed by atoms with E-state index in [1.165, 1.54) is 6.07 Å². The van der Waals surface area contributed by atoms with Crippen molar-refractivity contribution in [2.75, 3.05) is 34.4 Å². The Morgan fingerprint density at radius 2 is 1.75 bits per heavy atom. The molecule has 3 aromatic rings. The van der Waals surface area contributed by atoms with Crippen LogP contribution in [0.3, 0.4) is 0 Å². The van der Waals surface area contributed by atoms with Crippen LogP contribution >= 0.6 is 0 Å². The molecular weight excluding hydrogens is 416 g/mol. The molecule has 0 radical (unpaired) electrons. The summed E-state index contributed by atoms with van der Waals surface area (Å²) in [6.45, 7) is 2.44. The number of piperidine rings is 1. The minimum atomic E-state index is -0.861. The number of ether oxygens (including phenoxy) is 3. The lowest BCUT2D eigenvalue weighted by Gasteiger charge is -2.33. The molecule has 0 saturated carbocycles. The summed E-state index contributed by atoms with van der Waals surface area (Å²) >= 11 is 0. The van der Waals surface area contributed by atoms with Gasteiger partial charge in [-0.2, -0.15) is 5.10 Å². The highest BCUT2D eigenvalue weighted by Gasteiger charge is 2.26. The number of hydrogen-bond acceptors (Lipinski definition) is 5. The average Bonchev–Trinajstić information content (AvgIpc) is 3.31. The number of hydrogen-bond donors (Lipinski definition) is 1. The maximum absolute atomic E-state index is 13.8. The number of likely N-dealkylation sites (tertiary alicyclic amines) is 1. The Labute approximate surface area is 186 Å². The van der Waals surface area contributed by atoms with Crippen molar-refractivity contribution in [2.24, 2.45) is 0 Å². The molecule has 1 aromatic heterocycles. The molecule has 1 N–H and O–H groups in total. The largest absolute Gasteiger partial charge is 0.496 e. The molecule has 2 heterocycles. The normalized spacial score (nSPS) is 16.7. The van der Waals surface area contributed by atoms with Crippen molar-refractivity contribution in [1.82, 2.24) is 15.1 Å². The van der Waals surface area contributed by atoms with Crippen molar-refractivity contribution < 1.29 is 23.0 Å². The van der Waals surface area contributed by atoms with Crippen LogP contribution in [0.25, 0.3) is 11.1 Å². The van der Waals surface area contributed by atoms with E-state index in [0.717, 1.165) is 54.6 Å². The third-order valence-electron chi connectivity index (χ3n) is 5.99. The first-order chi connectivity index (χ1) is 15.5. The van der Waals surface area contributed by atoms with Gasteiger partial charge in [-0.3, -0.25) is 10.00 Å². The molecule has 1 atom stereocenters. The van der Waals surface area contributed by atoms with Gasteiger partial charge in [-0.25, -0.2) is 8.78 Å². The molecule has 0 amide bonds. The predicted molar refractivity (Wildman–Crippen MR) is 117 cm³/mol. The summed E-state index contributed by atoms with van der Waals surface area (Å²) in [6.07, 6.45) is 3.67. The van der Waals surface area contributed by atoms with Crippen LogP contribution in [0, 0.1) is 11.6 Å². The van der Waals surface area contributed by atoms with Crippen molar-refractivity contribution in [1.29, 1.82) is 0 Å².